The van der Waals surface area contributed by atoms with Gasteiger partial charge in [0.05, 0.1) is 6.04 Å². The zero-order chi connectivity index (χ0) is 14.8. The highest BCUT2D eigenvalue weighted by Crippen LogP contribution is 2.37. The Morgan fingerprint density at radius 1 is 1.30 bits per heavy atom. The summed E-state index contributed by atoms with van der Waals surface area (Å²) in [5.74, 6) is 0.555. The molecule has 112 valence electrons. The lowest BCUT2D eigenvalue weighted by molar-refractivity contribution is 0.405. The molecule has 0 aliphatic heterocycles. The van der Waals surface area contributed by atoms with Gasteiger partial charge in [-0.3, -0.25) is 0 Å². The van der Waals surface area contributed by atoms with Crippen LogP contribution in [0.3, 0.4) is 0 Å². The van der Waals surface area contributed by atoms with E-state index in [1.54, 1.807) is 0 Å². The summed E-state index contributed by atoms with van der Waals surface area (Å²) < 4.78 is 15.6. The van der Waals surface area contributed by atoms with Crippen molar-refractivity contribution in [2.45, 2.75) is 57.2 Å². The molecule has 2 atom stereocenters. The summed E-state index contributed by atoms with van der Waals surface area (Å²) in [4.78, 5) is 0. The van der Waals surface area contributed by atoms with Crippen molar-refractivity contribution in [2.75, 3.05) is 0 Å². The Kier molecular flexibility index (Phi) is 5.41. The van der Waals surface area contributed by atoms with Gasteiger partial charge in [0.1, 0.15) is 4.75 Å². The summed E-state index contributed by atoms with van der Waals surface area (Å²) in [5.41, 5.74) is 1.15. The van der Waals surface area contributed by atoms with Crippen LogP contribution in [0.25, 0.3) is 0 Å². The fraction of sp³-hybridized carbons (Fsp3) is 0.625. The molecule has 1 aromatic carbocycles. The lowest BCUT2D eigenvalue weighted by Gasteiger charge is -2.31. The molecule has 20 heavy (non-hydrogen) atoms. The highest BCUT2D eigenvalue weighted by molar-refractivity contribution is 7.90. The number of rotatable bonds is 4. The van der Waals surface area contributed by atoms with E-state index in [0.29, 0.717) is 5.92 Å². The topological polar surface area (TPSA) is 35.1 Å². The van der Waals surface area contributed by atoms with E-state index in [0.717, 1.165) is 10.6 Å². The Morgan fingerprint density at radius 2 is 1.95 bits per heavy atom. The molecule has 0 radical (unpaired) electrons. The van der Waals surface area contributed by atoms with Crippen LogP contribution in [-0.2, 0) is 11.4 Å². The van der Waals surface area contributed by atoms with Crippen LogP contribution in [-0.4, -0.2) is 9.30 Å². The summed E-state index contributed by atoms with van der Waals surface area (Å²) >= 11 is 5.05. The quantitative estimate of drug-likeness (QED) is 0.823. The fourth-order valence-electron chi connectivity index (χ4n) is 2.72. The minimum atomic E-state index is -1.06. The van der Waals surface area contributed by atoms with Gasteiger partial charge in [-0.05, 0) is 57.2 Å². The first-order valence-corrected chi connectivity index (χ1v) is 8.84. The standard InChI is InChI=1S/C16H24ClNOS/c1-16(2,3)20(19)18-15(12-7-4-5-8-12)13-9-6-10-14(17)11-13/h6,9-12,15,18H,4-5,7-8H2,1-3H3/t15-,20?/m0/s1. The van der Waals surface area contributed by atoms with Gasteiger partial charge in [-0.2, -0.15) is 0 Å². The van der Waals surface area contributed by atoms with Gasteiger partial charge in [0, 0.05) is 16.4 Å². The maximum atomic E-state index is 12.5. The van der Waals surface area contributed by atoms with Crippen molar-refractivity contribution in [2.24, 2.45) is 5.92 Å². The molecule has 4 heteroatoms. The van der Waals surface area contributed by atoms with Crippen molar-refractivity contribution >= 4 is 23.0 Å². The van der Waals surface area contributed by atoms with Gasteiger partial charge in [-0.25, -0.2) is 0 Å². The van der Waals surface area contributed by atoms with Gasteiger partial charge < -0.3 is 4.55 Å². The average Bonchev–Trinajstić information content (AvgIpc) is 2.88. The molecule has 2 rings (SSSR count). The second-order valence-corrected chi connectivity index (χ2v) is 9.01. The van der Waals surface area contributed by atoms with Crippen molar-refractivity contribution in [3.05, 3.63) is 34.9 Å². The van der Waals surface area contributed by atoms with E-state index in [-0.39, 0.29) is 10.8 Å². The van der Waals surface area contributed by atoms with Crippen LogP contribution < -0.4 is 4.72 Å². The lowest BCUT2D eigenvalue weighted by Crippen LogP contribution is -2.43. The zero-order valence-electron chi connectivity index (χ0n) is 12.5. The van der Waals surface area contributed by atoms with E-state index in [4.69, 9.17) is 11.6 Å². The van der Waals surface area contributed by atoms with Crippen molar-refractivity contribution in [3.63, 3.8) is 0 Å². The Morgan fingerprint density at radius 3 is 2.50 bits per heavy atom. The molecule has 0 aromatic heterocycles. The molecule has 0 saturated heterocycles. The molecule has 1 unspecified atom stereocenters. The second-order valence-electron chi connectivity index (χ2n) is 6.58. The predicted molar refractivity (Wildman–Crippen MR) is 87.2 cm³/mol. The number of halogens is 1. The summed E-state index contributed by atoms with van der Waals surface area (Å²) in [7, 11) is 0. The van der Waals surface area contributed by atoms with Gasteiger partial charge in [0.15, 0.2) is 0 Å². The molecule has 0 spiro atoms. The number of hydrogen-bond donors (Lipinski definition) is 1. The third-order valence-electron chi connectivity index (χ3n) is 3.87. The molecule has 1 aliphatic carbocycles. The smallest absolute Gasteiger partial charge is 0.136 e. The third kappa shape index (κ3) is 4.14. The fourth-order valence-corrected chi connectivity index (χ4v) is 3.83. The van der Waals surface area contributed by atoms with Crippen LogP contribution in [0.5, 0.6) is 0 Å². The molecular formula is C16H24ClNOS. The maximum absolute atomic E-state index is 12.5. The minimum Gasteiger partial charge on any atom is -0.598 e. The summed E-state index contributed by atoms with van der Waals surface area (Å²) in [6.07, 6.45) is 4.94. The Labute approximate surface area is 130 Å². The van der Waals surface area contributed by atoms with E-state index in [9.17, 15) is 4.55 Å². The van der Waals surface area contributed by atoms with Crippen molar-refractivity contribution in [1.29, 1.82) is 0 Å². The molecule has 1 saturated carbocycles. The lowest BCUT2D eigenvalue weighted by atomic mass is 9.92. The van der Waals surface area contributed by atoms with E-state index >= 15 is 0 Å². The monoisotopic (exact) mass is 313 g/mol. The van der Waals surface area contributed by atoms with Crippen LogP contribution in [0.2, 0.25) is 5.02 Å². The number of benzene rings is 1. The molecule has 2 nitrogen and oxygen atoms in total. The van der Waals surface area contributed by atoms with Crippen molar-refractivity contribution in [3.8, 4) is 0 Å². The summed E-state index contributed by atoms with van der Waals surface area (Å²) in [6.45, 7) is 6.00. The van der Waals surface area contributed by atoms with E-state index < -0.39 is 11.4 Å². The molecule has 0 bridgehead atoms. The molecular weight excluding hydrogens is 290 g/mol. The third-order valence-corrected chi connectivity index (χ3v) is 5.68. The molecule has 0 amide bonds. The van der Waals surface area contributed by atoms with E-state index in [2.05, 4.69) is 10.8 Å². The predicted octanol–water partition coefficient (Wildman–Crippen LogP) is 4.62. The van der Waals surface area contributed by atoms with Crippen LogP contribution in [0.15, 0.2) is 24.3 Å². The highest BCUT2D eigenvalue weighted by atomic mass is 35.5. The van der Waals surface area contributed by atoms with Gasteiger partial charge in [0.2, 0.25) is 0 Å². The first-order chi connectivity index (χ1) is 9.38. The highest BCUT2D eigenvalue weighted by Gasteiger charge is 2.34. The number of nitrogens with one attached hydrogen (secondary N) is 1. The summed E-state index contributed by atoms with van der Waals surface area (Å²) in [5, 5.41) is 0.744. The normalized spacial score (nSPS) is 20.1. The average molecular weight is 314 g/mol. The zero-order valence-corrected chi connectivity index (χ0v) is 14.1. The molecule has 1 N–H and O–H groups in total. The summed E-state index contributed by atoms with van der Waals surface area (Å²) in [6, 6.07) is 8.08. The van der Waals surface area contributed by atoms with Gasteiger partial charge in [-0.1, -0.05) is 36.6 Å². The van der Waals surface area contributed by atoms with Crippen molar-refractivity contribution in [1.82, 2.24) is 4.72 Å². The van der Waals surface area contributed by atoms with Crippen LogP contribution >= 0.6 is 11.6 Å². The first-order valence-electron chi connectivity index (χ1n) is 7.31. The SMILES string of the molecule is CC(C)(C)[S+]([O-])N[C@H](c1cccc(Cl)c1)C1CCCC1. The van der Waals surface area contributed by atoms with Gasteiger partial charge in [0.25, 0.3) is 0 Å². The van der Waals surface area contributed by atoms with Crippen molar-refractivity contribution < 1.29 is 4.55 Å². The first kappa shape index (κ1) is 16.2. The number of hydrogen-bond acceptors (Lipinski definition) is 2. The Hall–Kier alpha value is -0.220. The second kappa shape index (κ2) is 6.69. The van der Waals surface area contributed by atoms with Gasteiger partial charge in [-0.15, -0.1) is 4.72 Å². The minimum absolute atomic E-state index is 0.135. The van der Waals surface area contributed by atoms with E-state index in [1.807, 2.05) is 39.0 Å². The van der Waals surface area contributed by atoms with Crippen LogP contribution in [0, 0.1) is 5.92 Å². The molecule has 1 fully saturated rings. The Bertz CT molecular complexity index is 440. The Balaban J connectivity index is 2.21. The molecule has 1 aliphatic rings. The molecule has 0 heterocycles. The van der Waals surface area contributed by atoms with Crippen LogP contribution in [0.4, 0.5) is 0 Å². The van der Waals surface area contributed by atoms with E-state index in [1.165, 1.54) is 25.7 Å². The maximum Gasteiger partial charge on any atom is 0.136 e. The van der Waals surface area contributed by atoms with Crippen LogP contribution in [0.1, 0.15) is 58.1 Å². The molecule has 1 aromatic rings. The largest absolute Gasteiger partial charge is 0.598 e. The van der Waals surface area contributed by atoms with Gasteiger partial charge >= 0.3 is 0 Å².